The molecule has 0 bridgehead atoms. The number of hydrogen-bond acceptors (Lipinski definition) is 3. The monoisotopic (exact) mass is 321 g/mol. The second-order valence-electron chi connectivity index (χ2n) is 5.65. The van der Waals surface area contributed by atoms with Gasteiger partial charge in [0.05, 0.1) is 0 Å². The molecule has 1 aromatic heterocycles. The first-order valence-corrected chi connectivity index (χ1v) is 7.29. The Hall–Kier alpha value is -1.85. The highest BCUT2D eigenvalue weighted by Gasteiger charge is 2.24. The molecule has 1 aliphatic heterocycles. The van der Waals surface area contributed by atoms with Gasteiger partial charge >= 0.3 is 0 Å². The Bertz CT molecular complexity index is 729. The number of aromatic nitrogens is 1. The number of aromatic amines is 1. The van der Waals surface area contributed by atoms with Gasteiger partial charge in [0.25, 0.3) is 11.5 Å². The van der Waals surface area contributed by atoms with E-state index in [2.05, 4.69) is 22.5 Å². The largest absolute Gasteiger partial charge is 0.349 e. The van der Waals surface area contributed by atoms with Crippen LogP contribution in [0.1, 0.15) is 23.7 Å². The van der Waals surface area contributed by atoms with Gasteiger partial charge in [-0.25, -0.2) is 0 Å². The minimum atomic E-state index is -0.340. The van der Waals surface area contributed by atoms with E-state index >= 15 is 0 Å². The number of amides is 1. The second-order valence-corrected chi connectivity index (χ2v) is 5.65. The average Bonchev–Trinajstić information content (AvgIpc) is 2.49. The van der Waals surface area contributed by atoms with Crippen molar-refractivity contribution in [3.63, 3.8) is 0 Å². The van der Waals surface area contributed by atoms with E-state index in [1.807, 2.05) is 24.3 Å². The fourth-order valence-electron chi connectivity index (χ4n) is 2.79. The standard InChI is InChI=1S/C16H19N3O2.ClH/c1-10-9-17-7-6-13(10)18-15(20)12-8-11-4-2-3-5-14(11)19-16(12)21;/h2-5,8,10,13,17H,6-7,9H2,1H3,(H,18,20)(H,19,21);1H. The molecule has 0 saturated carbocycles. The molecular formula is C16H20ClN3O2. The quantitative estimate of drug-likeness (QED) is 0.788. The number of nitrogens with one attached hydrogen (secondary N) is 3. The summed E-state index contributed by atoms with van der Waals surface area (Å²) >= 11 is 0. The van der Waals surface area contributed by atoms with Gasteiger partial charge in [0.1, 0.15) is 5.56 Å². The zero-order valence-electron chi connectivity index (χ0n) is 12.4. The summed E-state index contributed by atoms with van der Waals surface area (Å²) in [5.74, 6) is 0.0722. The molecule has 1 saturated heterocycles. The van der Waals surface area contributed by atoms with Crippen LogP contribution in [-0.4, -0.2) is 30.0 Å². The van der Waals surface area contributed by atoms with E-state index in [9.17, 15) is 9.59 Å². The van der Waals surface area contributed by atoms with Crippen LogP contribution in [0.2, 0.25) is 0 Å². The van der Waals surface area contributed by atoms with Gasteiger partial charge in [-0.2, -0.15) is 0 Å². The lowest BCUT2D eigenvalue weighted by molar-refractivity contribution is 0.0913. The van der Waals surface area contributed by atoms with Crippen molar-refractivity contribution in [1.29, 1.82) is 0 Å². The molecule has 22 heavy (non-hydrogen) atoms. The number of hydrogen-bond donors (Lipinski definition) is 3. The van der Waals surface area contributed by atoms with Crippen molar-refractivity contribution >= 4 is 29.2 Å². The number of H-pyrrole nitrogens is 1. The minimum Gasteiger partial charge on any atom is -0.349 e. The molecule has 1 aliphatic rings. The Kier molecular flexibility index (Phi) is 5.21. The van der Waals surface area contributed by atoms with Crippen molar-refractivity contribution in [1.82, 2.24) is 15.6 Å². The Balaban J connectivity index is 0.00000176. The summed E-state index contributed by atoms with van der Waals surface area (Å²) in [5.41, 5.74) is 0.585. The number of pyridine rings is 1. The summed E-state index contributed by atoms with van der Waals surface area (Å²) < 4.78 is 0. The van der Waals surface area contributed by atoms with E-state index < -0.39 is 0 Å². The normalized spacial score (nSPS) is 21.1. The maximum Gasteiger partial charge on any atom is 0.261 e. The van der Waals surface area contributed by atoms with Crippen LogP contribution in [0.3, 0.4) is 0 Å². The summed E-state index contributed by atoms with van der Waals surface area (Å²) in [6.07, 6.45) is 0.887. The number of benzene rings is 1. The lowest BCUT2D eigenvalue weighted by Crippen LogP contribution is -2.49. The minimum absolute atomic E-state index is 0. The van der Waals surface area contributed by atoms with E-state index in [0.717, 1.165) is 30.4 Å². The molecule has 0 radical (unpaired) electrons. The molecule has 2 aromatic rings. The van der Waals surface area contributed by atoms with Crippen LogP contribution in [0.5, 0.6) is 0 Å². The molecule has 3 N–H and O–H groups in total. The van der Waals surface area contributed by atoms with Crippen LogP contribution in [0.4, 0.5) is 0 Å². The van der Waals surface area contributed by atoms with Gasteiger partial charge in [0.15, 0.2) is 0 Å². The third-order valence-corrected chi connectivity index (χ3v) is 4.10. The van der Waals surface area contributed by atoms with Gasteiger partial charge in [-0.3, -0.25) is 9.59 Å². The average molecular weight is 322 g/mol. The molecule has 3 rings (SSSR count). The Morgan fingerprint density at radius 2 is 2.09 bits per heavy atom. The van der Waals surface area contributed by atoms with Crippen LogP contribution < -0.4 is 16.2 Å². The molecular weight excluding hydrogens is 302 g/mol. The molecule has 2 unspecified atom stereocenters. The Morgan fingerprint density at radius 3 is 2.86 bits per heavy atom. The molecule has 6 heteroatoms. The lowest BCUT2D eigenvalue weighted by atomic mass is 9.95. The lowest BCUT2D eigenvalue weighted by Gasteiger charge is -2.30. The van der Waals surface area contributed by atoms with E-state index in [4.69, 9.17) is 0 Å². The highest BCUT2D eigenvalue weighted by atomic mass is 35.5. The first kappa shape index (κ1) is 16.5. The zero-order valence-corrected chi connectivity index (χ0v) is 13.2. The van der Waals surface area contributed by atoms with Gasteiger partial charge < -0.3 is 15.6 Å². The maximum absolute atomic E-state index is 12.4. The molecule has 1 aromatic carbocycles. The Morgan fingerprint density at radius 1 is 1.32 bits per heavy atom. The zero-order chi connectivity index (χ0) is 14.8. The molecule has 0 spiro atoms. The van der Waals surface area contributed by atoms with Gasteiger partial charge in [-0.1, -0.05) is 25.1 Å². The number of rotatable bonds is 2. The molecule has 5 nitrogen and oxygen atoms in total. The van der Waals surface area contributed by atoms with Crippen molar-refractivity contribution in [2.24, 2.45) is 5.92 Å². The maximum atomic E-state index is 12.4. The van der Waals surface area contributed by atoms with Crippen LogP contribution in [0.25, 0.3) is 10.9 Å². The van der Waals surface area contributed by atoms with Crippen LogP contribution >= 0.6 is 12.4 Å². The first-order chi connectivity index (χ1) is 10.1. The second kappa shape index (κ2) is 6.94. The fraction of sp³-hybridized carbons (Fsp3) is 0.375. The highest BCUT2D eigenvalue weighted by molar-refractivity contribution is 5.97. The molecule has 2 heterocycles. The van der Waals surface area contributed by atoms with Crippen molar-refractivity contribution < 1.29 is 4.79 Å². The SMILES string of the molecule is CC1CNCCC1NC(=O)c1cc2ccccc2[nH]c1=O.Cl. The van der Waals surface area contributed by atoms with Gasteiger partial charge in [-0.15, -0.1) is 12.4 Å². The summed E-state index contributed by atoms with van der Waals surface area (Å²) in [6, 6.07) is 9.23. The third kappa shape index (κ3) is 3.31. The van der Waals surface area contributed by atoms with Crippen LogP contribution in [0.15, 0.2) is 35.1 Å². The number of para-hydroxylation sites is 1. The van der Waals surface area contributed by atoms with Crippen molar-refractivity contribution in [2.75, 3.05) is 13.1 Å². The summed E-state index contributed by atoms with van der Waals surface area (Å²) in [5, 5.41) is 7.15. The summed E-state index contributed by atoms with van der Waals surface area (Å²) in [6.45, 7) is 3.88. The summed E-state index contributed by atoms with van der Waals surface area (Å²) in [4.78, 5) is 27.2. The van der Waals surface area contributed by atoms with Crippen molar-refractivity contribution in [2.45, 2.75) is 19.4 Å². The number of halogens is 1. The Labute approximate surface area is 134 Å². The topological polar surface area (TPSA) is 74.0 Å². The number of carbonyl (C=O) groups excluding carboxylic acids is 1. The van der Waals surface area contributed by atoms with Crippen LogP contribution in [-0.2, 0) is 0 Å². The predicted molar refractivity (Wildman–Crippen MR) is 89.7 cm³/mol. The van der Waals surface area contributed by atoms with E-state index in [-0.39, 0.29) is 35.5 Å². The van der Waals surface area contributed by atoms with Crippen molar-refractivity contribution in [3.05, 3.63) is 46.2 Å². The molecule has 1 fully saturated rings. The number of fused-ring (bicyclic) bond motifs is 1. The van der Waals surface area contributed by atoms with Gasteiger partial charge in [0, 0.05) is 11.6 Å². The van der Waals surface area contributed by atoms with E-state index in [1.165, 1.54) is 0 Å². The number of piperidine rings is 1. The van der Waals surface area contributed by atoms with Gasteiger partial charge in [0.2, 0.25) is 0 Å². The van der Waals surface area contributed by atoms with Crippen LogP contribution in [0, 0.1) is 5.92 Å². The highest BCUT2D eigenvalue weighted by Crippen LogP contribution is 2.13. The number of carbonyl (C=O) groups is 1. The van der Waals surface area contributed by atoms with E-state index in [1.54, 1.807) is 6.07 Å². The smallest absolute Gasteiger partial charge is 0.261 e. The fourth-order valence-corrected chi connectivity index (χ4v) is 2.79. The van der Waals surface area contributed by atoms with Crippen molar-refractivity contribution in [3.8, 4) is 0 Å². The molecule has 118 valence electrons. The first-order valence-electron chi connectivity index (χ1n) is 7.29. The molecule has 2 atom stereocenters. The predicted octanol–water partition coefficient (Wildman–Crippen LogP) is 1.68. The van der Waals surface area contributed by atoms with Gasteiger partial charge in [-0.05, 0) is 42.9 Å². The third-order valence-electron chi connectivity index (χ3n) is 4.10. The summed E-state index contributed by atoms with van der Waals surface area (Å²) in [7, 11) is 0. The molecule has 0 aliphatic carbocycles. The van der Waals surface area contributed by atoms with E-state index in [0.29, 0.717) is 5.92 Å². The molecule has 1 amide bonds.